The second kappa shape index (κ2) is 10.6. The minimum absolute atomic E-state index is 1.23. The van der Waals surface area contributed by atoms with Crippen LogP contribution in [0.2, 0.25) is 0 Å². The highest BCUT2D eigenvalue weighted by atomic mass is 14.4. The highest BCUT2D eigenvalue weighted by molar-refractivity contribution is 6.41. The van der Waals surface area contributed by atoms with Gasteiger partial charge >= 0.3 is 0 Å². The van der Waals surface area contributed by atoms with E-state index < -0.39 is 0 Å². The molecule has 11 aromatic carbocycles. The normalized spacial score (nSPS) is 12.5. The maximum atomic E-state index is 2.45. The Kier molecular flexibility index (Phi) is 5.65. The lowest BCUT2D eigenvalue weighted by atomic mass is 9.80. The smallest absolute Gasteiger partial charge is 0.000718 e. The van der Waals surface area contributed by atoms with E-state index in [9.17, 15) is 0 Å². The van der Waals surface area contributed by atoms with E-state index in [0.717, 1.165) is 0 Å². The molecule has 252 valence electrons. The van der Waals surface area contributed by atoms with Gasteiger partial charge in [-0.05, 0) is 144 Å². The van der Waals surface area contributed by atoms with Crippen molar-refractivity contribution in [1.29, 1.82) is 0 Å². The molecule has 0 saturated carbocycles. The highest BCUT2D eigenvalue weighted by Crippen LogP contribution is 2.61. The van der Waals surface area contributed by atoms with Gasteiger partial charge in [-0.2, -0.15) is 0 Å². The van der Waals surface area contributed by atoms with E-state index in [1.54, 1.807) is 0 Å². The van der Waals surface area contributed by atoms with Crippen molar-refractivity contribution in [3.63, 3.8) is 0 Å². The molecule has 0 N–H and O–H groups in total. The van der Waals surface area contributed by atoms with Crippen molar-refractivity contribution in [3.8, 4) is 77.9 Å². The molecule has 0 aliphatic heterocycles. The Morgan fingerprint density at radius 3 is 1.16 bits per heavy atom. The molecule has 0 saturated heterocycles. The Bertz CT molecular complexity index is 3400. The van der Waals surface area contributed by atoms with Gasteiger partial charge in [-0.1, -0.05) is 176 Å². The van der Waals surface area contributed by atoms with Gasteiger partial charge in [-0.25, -0.2) is 0 Å². The predicted molar refractivity (Wildman–Crippen MR) is 235 cm³/mol. The van der Waals surface area contributed by atoms with E-state index in [1.165, 1.54) is 137 Å². The molecule has 0 heterocycles. The van der Waals surface area contributed by atoms with Gasteiger partial charge in [0.15, 0.2) is 0 Å². The molecule has 0 atom stereocenters. The van der Waals surface area contributed by atoms with Gasteiger partial charge in [0.25, 0.3) is 0 Å². The third kappa shape index (κ3) is 3.67. The molecule has 55 heavy (non-hydrogen) atoms. The molecule has 0 fully saturated rings. The van der Waals surface area contributed by atoms with Crippen LogP contribution in [0.3, 0.4) is 0 Å². The van der Waals surface area contributed by atoms with Crippen molar-refractivity contribution in [2.45, 2.75) is 6.92 Å². The molecule has 0 unspecified atom stereocenters. The quantitative estimate of drug-likeness (QED) is 0.128. The fourth-order valence-corrected chi connectivity index (χ4v) is 10.7. The second-order valence-electron chi connectivity index (χ2n) is 15.5. The summed E-state index contributed by atoms with van der Waals surface area (Å²) in [7, 11) is 0. The lowest BCUT2D eigenvalue weighted by molar-refractivity contribution is 1.47. The standard InChI is InChI=1S/C55H32/c1-31-13-5-6-16-33(31)48-38-21-11-12-22-39(38)52(37-20-10-7-17-34(37)32-14-3-2-4-15-32)55-47-30-28-45-43-26-24-41-36-19-9-8-18-35(36)40-23-25-42(50(43)49(40)41)44-27-29-46(54(48)55)53(47)51(44)45/h2-30H,1H3. The summed E-state index contributed by atoms with van der Waals surface area (Å²) in [5, 5.41) is 13.5. The van der Waals surface area contributed by atoms with Crippen LogP contribution in [-0.4, -0.2) is 0 Å². The maximum absolute atomic E-state index is 2.45. The Hall–Kier alpha value is -7.02. The first-order chi connectivity index (χ1) is 27.3. The van der Waals surface area contributed by atoms with Crippen LogP contribution < -0.4 is 0 Å². The number of hydrogen-bond donors (Lipinski definition) is 0. The maximum Gasteiger partial charge on any atom is -0.000718 e. The van der Waals surface area contributed by atoms with Crippen LogP contribution in [0.1, 0.15) is 5.56 Å². The molecule has 0 amide bonds. The van der Waals surface area contributed by atoms with Crippen LogP contribution in [0, 0.1) is 6.92 Å². The van der Waals surface area contributed by atoms with E-state index in [1.807, 2.05) is 0 Å². The molecule has 2 aliphatic rings. The molecule has 2 aliphatic carbocycles. The number of fused-ring (bicyclic) bond motifs is 9. The number of hydrogen-bond acceptors (Lipinski definition) is 0. The second-order valence-corrected chi connectivity index (χ2v) is 15.5. The third-order valence-corrected chi connectivity index (χ3v) is 12.9. The molecule has 0 nitrogen and oxygen atoms in total. The Labute approximate surface area is 318 Å². The SMILES string of the molecule is Cc1ccccc1-c1c2c(c(-c3ccccc3-c3ccccc3)c3ccccc13)-c1ccc3c4ccc5c6c(ccc(c7ccc-2c1c73)c64)-c1ccccc1-5. The van der Waals surface area contributed by atoms with E-state index in [-0.39, 0.29) is 0 Å². The summed E-state index contributed by atoms with van der Waals surface area (Å²) in [6.07, 6.45) is 0. The first-order valence-corrected chi connectivity index (χ1v) is 19.4. The first-order valence-electron chi connectivity index (χ1n) is 19.4. The summed E-state index contributed by atoms with van der Waals surface area (Å²) in [6, 6.07) is 66.2. The zero-order chi connectivity index (χ0) is 35.9. The van der Waals surface area contributed by atoms with Crippen molar-refractivity contribution < 1.29 is 0 Å². The Morgan fingerprint density at radius 1 is 0.218 bits per heavy atom. The van der Waals surface area contributed by atoms with Crippen LogP contribution in [0.25, 0.3) is 132 Å². The molecule has 0 spiro atoms. The molecular weight excluding hydrogens is 661 g/mol. The molecule has 0 bridgehead atoms. The van der Waals surface area contributed by atoms with E-state index >= 15 is 0 Å². The highest BCUT2D eigenvalue weighted by Gasteiger charge is 2.33. The molecule has 11 aromatic rings. The number of rotatable bonds is 3. The fraction of sp³-hybridized carbons (Fsp3) is 0.0182. The molecule has 0 aromatic heterocycles. The zero-order valence-corrected chi connectivity index (χ0v) is 30.2. The van der Waals surface area contributed by atoms with Gasteiger partial charge in [0, 0.05) is 0 Å². The molecule has 13 rings (SSSR count). The molecule has 0 radical (unpaired) electrons. The zero-order valence-electron chi connectivity index (χ0n) is 30.2. The minimum atomic E-state index is 1.23. The van der Waals surface area contributed by atoms with E-state index in [4.69, 9.17) is 0 Å². The lowest BCUT2D eigenvalue weighted by Crippen LogP contribution is -1.96. The number of benzene rings is 11. The van der Waals surface area contributed by atoms with Crippen molar-refractivity contribution in [2.75, 3.05) is 0 Å². The van der Waals surface area contributed by atoms with Crippen LogP contribution >= 0.6 is 0 Å². The van der Waals surface area contributed by atoms with Crippen LogP contribution in [-0.2, 0) is 0 Å². The average molecular weight is 693 g/mol. The van der Waals surface area contributed by atoms with Crippen molar-refractivity contribution >= 4 is 53.9 Å². The largest absolute Gasteiger partial charge is 0.0622 e. The van der Waals surface area contributed by atoms with E-state index in [0.29, 0.717) is 0 Å². The van der Waals surface area contributed by atoms with Gasteiger partial charge in [0.05, 0.1) is 0 Å². The minimum Gasteiger partial charge on any atom is -0.0622 e. The Morgan fingerprint density at radius 2 is 0.618 bits per heavy atom. The fourth-order valence-electron chi connectivity index (χ4n) is 10.7. The van der Waals surface area contributed by atoms with Gasteiger partial charge in [-0.15, -0.1) is 0 Å². The van der Waals surface area contributed by atoms with Crippen LogP contribution in [0.4, 0.5) is 0 Å². The summed E-state index contributed by atoms with van der Waals surface area (Å²) in [4.78, 5) is 0. The lowest BCUT2D eigenvalue weighted by Gasteiger charge is -2.22. The van der Waals surface area contributed by atoms with Crippen molar-refractivity contribution in [2.24, 2.45) is 0 Å². The van der Waals surface area contributed by atoms with Crippen LogP contribution in [0.5, 0.6) is 0 Å². The van der Waals surface area contributed by atoms with Crippen molar-refractivity contribution in [3.05, 3.63) is 181 Å². The van der Waals surface area contributed by atoms with E-state index in [2.05, 4.69) is 183 Å². The van der Waals surface area contributed by atoms with Gasteiger partial charge in [0.2, 0.25) is 0 Å². The number of aryl methyl sites for hydroxylation is 1. The van der Waals surface area contributed by atoms with Gasteiger partial charge < -0.3 is 0 Å². The van der Waals surface area contributed by atoms with Crippen LogP contribution in [0.15, 0.2) is 176 Å². The van der Waals surface area contributed by atoms with Gasteiger partial charge in [0.1, 0.15) is 0 Å². The van der Waals surface area contributed by atoms with Gasteiger partial charge in [-0.3, -0.25) is 0 Å². The summed E-state index contributed by atoms with van der Waals surface area (Å²) in [5.41, 5.74) is 19.7. The summed E-state index contributed by atoms with van der Waals surface area (Å²) >= 11 is 0. The topological polar surface area (TPSA) is 0 Å². The first kappa shape index (κ1) is 29.4. The van der Waals surface area contributed by atoms with Crippen molar-refractivity contribution in [1.82, 2.24) is 0 Å². The third-order valence-electron chi connectivity index (χ3n) is 12.9. The summed E-state index contributed by atoms with van der Waals surface area (Å²) < 4.78 is 0. The Balaban J connectivity index is 1.22. The summed E-state index contributed by atoms with van der Waals surface area (Å²) in [5.74, 6) is 0. The summed E-state index contributed by atoms with van der Waals surface area (Å²) in [6.45, 7) is 2.26. The predicted octanol–water partition coefficient (Wildman–Crippen LogP) is 15.5. The monoisotopic (exact) mass is 692 g/mol. The molecular formula is C55H32. The molecule has 0 heteroatoms. The average Bonchev–Trinajstić information content (AvgIpc) is 3.76.